The van der Waals surface area contributed by atoms with Crippen molar-refractivity contribution < 1.29 is 9.53 Å². The molecule has 0 spiro atoms. The van der Waals surface area contributed by atoms with Gasteiger partial charge in [-0.1, -0.05) is 6.58 Å². The highest BCUT2D eigenvalue weighted by atomic mass is 16.5. The van der Waals surface area contributed by atoms with Crippen LogP contribution in [0.1, 0.15) is 6.92 Å². The van der Waals surface area contributed by atoms with Crippen molar-refractivity contribution in [3.8, 4) is 0 Å². The van der Waals surface area contributed by atoms with Crippen molar-refractivity contribution in [2.24, 2.45) is 0 Å². The van der Waals surface area contributed by atoms with Gasteiger partial charge in [-0.2, -0.15) is 0 Å². The van der Waals surface area contributed by atoms with Crippen molar-refractivity contribution in [2.45, 2.75) is 13.0 Å². The Balaban J connectivity index is 3.59. The lowest BCUT2D eigenvalue weighted by atomic mass is 10.4. The van der Waals surface area contributed by atoms with Crippen molar-refractivity contribution >= 4 is 5.97 Å². The summed E-state index contributed by atoms with van der Waals surface area (Å²) in [4.78, 5) is 12.6. The lowest BCUT2D eigenvalue weighted by Crippen LogP contribution is -2.27. The van der Waals surface area contributed by atoms with Gasteiger partial charge in [0.2, 0.25) is 0 Å². The number of carbonyl (C=O) groups is 1. The largest absolute Gasteiger partial charge is 0.458 e. The smallest absolute Gasteiger partial charge is 0.330 e. The molecule has 0 N–H and O–H groups in total. The first-order valence-corrected chi connectivity index (χ1v) is 3.54. The molecule has 0 fully saturated rings. The van der Waals surface area contributed by atoms with Crippen LogP contribution < -0.4 is 0 Å². The number of esters is 1. The van der Waals surface area contributed by atoms with E-state index in [4.69, 9.17) is 4.74 Å². The molecule has 0 aromatic rings. The third-order valence-electron chi connectivity index (χ3n) is 1.11. The van der Waals surface area contributed by atoms with E-state index >= 15 is 0 Å². The zero-order chi connectivity index (χ0) is 8.85. The number of carbonyl (C=O) groups excluding carboxylic acids is 1. The maximum Gasteiger partial charge on any atom is 0.330 e. The van der Waals surface area contributed by atoms with E-state index in [1.807, 2.05) is 25.9 Å². The fraction of sp³-hybridized carbons (Fsp3) is 0.625. The van der Waals surface area contributed by atoms with Gasteiger partial charge in [0.15, 0.2) is 0 Å². The molecular weight excluding hydrogens is 142 g/mol. The summed E-state index contributed by atoms with van der Waals surface area (Å²) >= 11 is 0. The summed E-state index contributed by atoms with van der Waals surface area (Å²) in [5.41, 5.74) is 0. The topological polar surface area (TPSA) is 29.5 Å². The van der Waals surface area contributed by atoms with Crippen molar-refractivity contribution in [3.63, 3.8) is 0 Å². The number of nitrogens with zero attached hydrogens (tertiary/aromatic N) is 1. The number of hydrogen-bond acceptors (Lipinski definition) is 3. The molecule has 0 aliphatic rings. The maximum absolute atomic E-state index is 10.6. The van der Waals surface area contributed by atoms with Gasteiger partial charge in [0, 0.05) is 12.6 Å². The number of rotatable bonds is 4. The van der Waals surface area contributed by atoms with Crippen LogP contribution in [0.2, 0.25) is 0 Å². The molecule has 64 valence electrons. The van der Waals surface area contributed by atoms with Crippen molar-refractivity contribution in [3.05, 3.63) is 12.7 Å². The van der Waals surface area contributed by atoms with Crippen LogP contribution in [0, 0.1) is 0 Å². The summed E-state index contributed by atoms with van der Waals surface area (Å²) in [5.74, 6) is -0.362. The molecule has 3 nitrogen and oxygen atoms in total. The minimum atomic E-state index is -0.362. The van der Waals surface area contributed by atoms with Crippen LogP contribution in [-0.4, -0.2) is 37.6 Å². The average molecular weight is 157 g/mol. The van der Waals surface area contributed by atoms with Gasteiger partial charge < -0.3 is 9.64 Å². The number of ether oxygens (including phenoxy) is 1. The second-order valence-electron chi connectivity index (χ2n) is 2.71. The summed E-state index contributed by atoms with van der Waals surface area (Å²) < 4.78 is 4.91. The maximum atomic E-state index is 10.6. The lowest BCUT2D eigenvalue weighted by molar-refractivity contribution is -0.142. The van der Waals surface area contributed by atoms with Gasteiger partial charge in [-0.05, 0) is 21.0 Å². The molecule has 0 unspecified atom stereocenters. The van der Waals surface area contributed by atoms with Crippen LogP contribution in [0.25, 0.3) is 0 Å². The van der Waals surface area contributed by atoms with E-state index in [1.54, 1.807) is 0 Å². The molecule has 0 saturated carbocycles. The predicted octanol–water partition coefficient (Wildman–Crippen LogP) is 0.666. The monoisotopic (exact) mass is 157 g/mol. The summed E-state index contributed by atoms with van der Waals surface area (Å²) in [5, 5.41) is 0. The lowest BCUT2D eigenvalue weighted by Gasteiger charge is -2.16. The molecule has 3 heteroatoms. The normalized spacial score (nSPS) is 12.7. The standard InChI is InChI=1S/C8H15NO2/c1-5-8(10)11-7(2)6-9(3)4/h5,7H,1,6H2,2-4H3/t7-/m0/s1. The van der Waals surface area contributed by atoms with Gasteiger partial charge >= 0.3 is 5.97 Å². The van der Waals surface area contributed by atoms with E-state index in [2.05, 4.69) is 6.58 Å². The van der Waals surface area contributed by atoms with Crippen LogP contribution >= 0.6 is 0 Å². The molecule has 0 rings (SSSR count). The van der Waals surface area contributed by atoms with Crippen molar-refractivity contribution in [1.29, 1.82) is 0 Å². The van der Waals surface area contributed by atoms with E-state index in [0.29, 0.717) is 0 Å². The Morgan fingerprint density at radius 1 is 1.73 bits per heavy atom. The molecule has 0 aromatic carbocycles. The Labute approximate surface area is 67.6 Å². The summed E-state index contributed by atoms with van der Waals surface area (Å²) in [7, 11) is 3.86. The summed E-state index contributed by atoms with van der Waals surface area (Å²) in [6, 6.07) is 0. The summed E-state index contributed by atoms with van der Waals surface area (Å²) in [6.07, 6.45) is 1.10. The molecule has 0 aromatic heterocycles. The summed E-state index contributed by atoms with van der Waals surface area (Å²) in [6.45, 7) is 5.89. The van der Waals surface area contributed by atoms with Gasteiger partial charge in [0.25, 0.3) is 0 Å². The van der Waals surface area contributed by atoms with E-state index in [1.165, 1.54) is 6.08 Å². The molecule has 0 bridgehead atoms. The molecule has 0 aliphatic carbocycles. The van der Waals surface area contributed by atoms with Gasteiger partial charge in [0.1, 0.15) is 6.10 Å². The van der Waals surface area contributed by atoms with Crippen molar-refractivity contribution in [1.82, 2.24) is 4.90 Å². The van der Waals surface area contributed by atoms with E-state index in [-0.39, 0.29) is 12.1 Å². The van der Waals surface area contributed by atoms with Crippen molar-refractivity contribution in [2.75, 3.05) is 20.6 Å². The minimum Gasteiger partial charge on any atom is -0.458 e. The highest BCUT2D eigenvalue weighted by molar-refractivity contribution is 5.81. The fourth-order valence-corrected chi connectivity index (χ4v) is 0.798. The Bertz CT molecular complexity index is 143. The van der Waals surface area contributed by atoms with Gasteiger partial charge in [-0.25, -0.2) is 4.79 Å². The Kier molecular flexibility index (Phi) is 4.54. The highest BCUT2D eigenvalue weighted by Gasteiger charge is 2.06. The Hall–Kier alpha value is -0.830. The van der Waals surface area contributed by atoms with Crippen LogP contribution in [0.5, 0.6) is 0 Å². The van der Waals surface area contributed by atoms with Crippen LogP contribution in [0.3, 0.4) is 0 Å². The SMILES string of the molecule is C=CC(=O)O[C@@H](C)CN(C)C. The van der Waals surface area contributed by atoms with Gasteiger partial charge in [-0.15, -0.1) is 0 Å². The highest BCUT2D eigenvalue weighted by Crippen LogP contribution is 1.93. The molecule has 0 amide bonds. The van der Waals surface area contributed by atoms with Gasteiger partial charge in [-0.3, -0.25) is 0 Å². The van der Waals surface area contributed by atoms with Crippen LogP contribution in [0.15, 0.2) is 12.7 Å². The second kappa shape index (κ2) is 4.91. The van der Waals surface area contributed by atoms with E-state index < -0.39 is 0 Å². The average Bonchev–Trinajstić information content (AvgIpc) is 1.85. The molecule has 11 heavy (non-hydrogen) atoms. The first-order chi connectivity index (χ1) is 5.06. The first-order valence-electron chi connectivity index (χ1n) is 3.54. The Morgan fingerprint density at radius 3 is 2.64 bits per heavy atom. The zero-order valence-electron chi connectivity index (χ0n) is 7.33. The molecule has 0 saturated heterocycles. The third-order valence-corrected chi connectivity index (χ3v) is 1.11. The second-order valence-corrected chi connectivity index (χ2v) is 2.71. The minimum absolute atomic E-state index is 0.0736. The molecular formula is C8H15NO2. The zero-order valence-corrected chi connectivity index (χ0v) is 7.33. The van der Waals surface area contributed by atoms with Crippen LogP contribution in [-0.2, 0) is 9.53 Å². The first kappa shape index (κ1) is 10.2. The number of hydrogen-bond donors (Lipinski definition) is 0. The molecule has 0 heterocycles. The van der Waals surface area contributed by atoms with E-state index in [9.17, 15) is 4.79 Å². The molecule has 1 atom stereocenters. The quantitative estimate of drug-likeness (QED) is 0.443. The van der Waals surface area contributed by atoms with Gasteiger partial charge in [0.05, 0.1) is 0 Å². The molecule has 0 aliphatic heterocycles. The number of likely N-dealkylation sites (N-methyl/N-ethyl adjacent to an activating group) is 1. The fourth-order valence-electron chi connectivity index (χ4n) is 0.798. The molecule has 0 radical (unpaired) electrons. The third kappa shape index (κ3) is 5.61. The Morgan fingerprint density at radius 2 is 2.27 bits per heavy atom. The predicted molar refractivity (Wildman–Crippen MR) is 44.3 cm³/mol. The van der Waals surface area contributed by atoms with E-state index in [0.717, 1.165) is 6.54 Å². The van der Waals surface area contributed by atoms with Crippen LogP contribution in [0.4, 0.5) is 0 Å².